The van der Waals surface area contributed by atoms with E-state index in [2.05, 4.69) is 5.32 Å². The number of anilines is 1. The number of hydrogen-bond acceptors (Lipinski definition) is 3. The van der Waals surface area contributed by atoms with Crippen molar-refractivity contribution in [3.05, 3.63) is 29.6 Å². The Morgan fingerprint density at radius 1 is 1.47 bits per heavy atom. The van der Waals surface area contributed by atoms with Crippen LogP contribution in [0, 0.1) is 0 Å². The first-order chi connectivity index (χ1) is 7.29. The summed E-state index contributed by atoms with van der Waals surface area (Å²) in [4.78, 5) is 11.3. The average molecular weight is 221 g/mol. The van der Waals surface area contributed by atoms with Crippen molar-refractivity contribution in [3.63, 3.8) is 0 Å². The Bertz CT molecular complexity index is 478. The van der Waals surface area contributed by atoms with Crippen molar-refractivity contribution in [2.75, 3.05) is 19.0 Å². The Balaban J connectivity index is 2.17. The van der Waals surface area contributed by atoms with E-state index in [1.54, 1.807) is 11.3 Å². The Morgan fingerprint density at radius 2 is 2.33 bits per heavy atom. The molecule has 0 aliphatic carbocycles. The largest absolute Gasteiger partial charge is 0.375 e. The van der Waals surface area contributed by atoms with E-state index in [1.165, 1.54) is 11.8 Å². The normalized spacial score (nSPS) is 10.5. The van der Waals surface area contributed by atoms with Crippen LogP contribution in [-0.4, -0.2) is 19.6 Å². The zero-order valence-corrected chi connectivity index (χ0v) is 9.14. The third kappa shape index (κ3) is 2.34. The van der Waals surface area contributed by atoms with Gasteiger partial charge in [0.1, 0.15) is 6.61 Å². The maximum atomic E-state index is 11.3. The second-order valence-electron chi connectivity index (χ2n) is 3.15. The lowest BCUT2D eigenvalue weighted by molar-refractivity contribution is -0.119. The maximum absolute atomic E-state index is 11.3. The number of benzene rings is 1. The van der Waals surface area contributed by atoms with E-state index in [-0.39, 0.29) is 12.5 Å². The van der Waals surface area contributed by atoms with Crippen molar-refractivity contribution in [3.8, 4) is 0 Å². The summed E-state index contributed by atoms with van der Waals surface area (Å²) in [6.45, 7) is 0.0850. The van der Waals surface area contributed by atoms with Crippen molar-refractivity contribution in [1.82, 2.24) is 0 Å². The van der Waals surface area contributed by atoms with Crippen LogP contribution >= 0.6 is 11.3 Å². The number of ether oxygens (including phenoxy) is 1. The zero-order chi connectivity index (χ0) is 10.7. The number of fused-ring (bicyclic) bond motifs is 1. The van der Waals surface area contributed by atoms with Crippen LogP contribution in [0.1, 0.15) is 0 Å². The second kappa shape index (κ2) is 4.42. The summed E-state index contributed by atoms with van der Waals surface area (Å²) >= 11 is 1.69. The van der Waals surface area contributed by atoms with Gasteiger partial charge in [-0.25, -0.2) is 0 Å². The van der Waals surface area contributed by atoms with Gasteiger partial charge in [0.15, 0.2) is 0 Å². The van der Waals surface area contributed by atoms with Crippen LogP contribution in [0.4, 0.5) is 5.69 Å². The Hall–Kier alpha value is -1.39. The van der Waals surface area contributed by atoms with Crippen LogP contribution in [0.25, 0.3) is 10.1 Å². The molecule has 2 rings (SSSR count). The molecule has 0 aliphatic rings. The third-order valence-corrected chi connectivity index (χ3v) is 2.91. The van der Waals surface area contributed by atoms with Gasteiger partial charge in [0.25, 0.3) is 0 Å². The van der Waals surface area contributed by atoms with E-state index in [1.807, 2.05) is 29.6 Å². The number of rotatable bonds is 3. The molecule has 0 atom stereocenters. The molecule has 0 aliphatic heterocycles. The molecule has 3 nitrogen and oxygen atoms in total. The lowest BCUT2D eigenvalue weighted by atomic mass is 10.2. The summed E-state index contributed by atoms with van der Waals surface area (Å²) in [5.41, 5.74) is 0.808. The highest BCUT2D eigenvalue weighted by molar-refractivity contribution is 7.17. The number of carbonyl (C=O) groups excluding carboxylic acids is 1. The zero-order valence-electron chi connectivity index (χ0n) is 8.32. The van der Waals surface area contributed by atoms with Gasteiger partial charge in [-0.3, -0.25) is 4.79 Å². The summed E-state index contributed by atoms with van der Waals surface area (Å²) in [5.74, 6) is -0.132. The smallest absolute Gasteiger partial charge is 0.250 e. The van der Waals surface area contributed by atoms with Crippen molar-refractivity contribution in [2.24, 2.45) is 0 Å². The predicted octanol–water partition coefficient (Wildman–Crippen LogP) is 2.49. The molecule has 2 aromatic rings. The molecule has 0 bridgehead atoms. The van der Waals surface area contributed by atoms with Gasteiger partial charge in [0, 0.05) is 17.5 Å². The summed E-state index contributed by atoms with van der Waals surface area (Å²) < 4.78 is 5.96. The van der Waals surface area contributed by atoms with Gasteiger partial charge in [-0.2, -0.15) is 0 Å². The van der Waals surface area contributed by atoms with Crippen molar-refractivity contribution >= 4 is 33.0 Å². The molecule has 0 saturated carbocycles. The van der Waals surface area contributed by atoms with E-state index in [0.717, 1.165) is 11.1 Å². The molecule has 0 saturated heterocycles. The molecule has 0 unspecified atom stereocenters. The molecule has 0 fully saturated rings. The quantitative estimate of drug-likeness (QED) is 0.864. The lowest BCUT2D eigenvalue weighted by Gasteiger charge is -2.03. The highest BCUT2D eigenvalue weighted by Gasteiger charge is 2.02. The molecule has 15 heavy (non-hydrogen) atoms. The van der Waals surface area contributed by atoms with E-state index in [4.69, 9.17) is 4.74 Å². The number of amides is 1. The highest BCUT2D eigenvalue weighted by Crippen LogP contribution is 2.23. The van der Waals surface area contributed by atoms with Crippen molar-refractivity contribution in [2.45, 2.75) is 0 Å². The first-order valence-corrected chi connectivity index (χ1v) is 5.43. The van der Waals surface area contributed by atoms with Crippen LogP contribution in [0.15, 0.2) is 29.6 Å². The number of carbonyl (C=O) groups is 1. The number of nitrogens with one attached hydrogen (secondary N) is 1. The fourth-order valence-electron chi connectivity index (χ4n) is 1.37. The maximum Gasteiger partial charge on any atom is 0.250 e. The minimum atomic E-state index is -0.132. The molecule has 0 radical (unpaired) electrons. The predicted molar refractivity (Wildman–Crippen MR) is 62.3 cm³/mol. The van der Waals surface area contributed by atoms with Gasteiger partial charge >= 0.3 is 0 Å². The SMILES string of the molecule is COCC(=O)Nc1ccc2sccc2c1. The van der Waals surface area contributed by atoms with Gasteiger partial charge in [-0.15, -0.1) is 11.3 Å². The summed E-state index contributed by atoms with van der Waals surface area (Å²) in [5, 5.41) is 5.95. The minimum absolute atomic E-state index is 0.0850. The van der Waals surface area contributed by atoms with Crippen molar-refractivity contribution in [1.29, 1.82) is 0 Å². The van der Waals surface area contributed by atoms with E-state index in [0.29, 0.717) is 0 Å². The molecule has 1 N–H and O–H groups in total. The Kier molecular flexibility index (Phi) is 2.99. The number of methoxy groups -OCH3 is 1. The summed E-state index contributed by atoms with van der Waals surface area (Å²) in [6.07, 6.45) is 0. The number of hydrogen-bond donors (Lipinski definition) is 1. The average Bonchev–Trinajstić information content (AvgIpc) is 2.65. The molecule has 1 aromatic carbocycles. The van der Waals surface area contributed by atoms with Crippen LogP contribution in [-0.2, 0) is 9.53 Å². The van der Waals surface area contributed by atoms with E-state index in [9.17, 15) is 4.79 Å². The molecular weight excluding hydrogens is 210 g/mol. The first kappa shape index (κ1) is 10.1. The third-order valence-electron chi connectivity index (χ3n) is 2.01. The molecule has 1 amide bonds. The second-order valence-corrected chi connectivity index (χ2v) is 4.10. The van der Waals surface area contributed by atoms with Gasteiger partial charge in [0.2, 0.25) is 5.91 Å². The summed E-state index contributed by atoms with van der Waals surface area (Å²) in [7, 11) is 1.50. The summed E-state index contributed by atoms with van der Waals surface area (Å²) in [6, 6.07) is 7.89. The van der Waals surface area contributed by atoms with Gasteiger partial charge in [0.05, 0.1) is 0 Å². The van der Waals surface area contributed by atoms with Gasteiger partial charge < -0.3 is 10.1 Å². The fraction of sp³-hybridized carbons (Fsp3) is 0.182. The standard InChI is InChI=1S/C11H11NO2S/c1-14-7-11(13)12-9-2-3-10-8(6-9)4-5-15-10/h2-6H,7H2,1H3,(H,12,13). The highest BCUT2D eigenvalue weighted by atomic mass is 32.1. The lowest BCUT2D eigenvalue weighted by Crippen LogP contribution is -2.16. The molecular formula is C11H11NO2S. The Labute approximate surface area is 91.7 Å². The topological polar surface area (TPSA) is 38.3 Å². The van der Waals surface area contributed by atoms with Crippen LogP contribution in [0.3, 0.4) is 0 Å². The van der Waals surface area contributed by atoms with Crippen LogP contribution in [0.5, 0.6) is 0 Å². The monoisotopic (exact) mass is 221 g/mol. The van der Waals surface area contributed by atoms with E-state index >= 15 is 0 Å². The molecule has 4 heteroatoms. The minimum Gasteiger partial charge on any atom is -0.375 e. The molecule has 1 heterocycles. The molecule has 0 spiro atoms. The number of thiophene rings is 1. The molecule has 1 aromatic heterocycles. The Morgan fingerprint density at radius 3 is 3.13 bits per heavy atom. The van der Waals surface area contributed by atoms with E-state index < -0.39 is 0 Å². The van der Waals surface area contributed by atoms with Crippen LogP contribution < -0.4 is 5.32 Å². The first-order valence-electron chi connectivity index (χ1n) is 4.55. The van der Waals surface area contributed by atoms with Gasteiger partial charge in [-0.05, 0) is 35.0 Å². The van der Waals surface area contributed by atoms with Crippen molar-refractivity contribution < 1.29 is 9.53 Å². The van der Waals surface area contributed by atoms with Crippen LogP contribution in [0.2, 0.25) is 0 Å². The fourth-order valence-corrected chi connectivity index (χ4v) is 2.14. The van der Waals surface area contributed by atoms with Gasteiger partial charge in [-0.1, -0.05) is 0 Å². The molecule has 78 valence electrons.